The van der Waals surface area contributed by atoms with Crippen molar-refractivity contribution in [1.29, 1.82) is 0 Å². The van der Waals surface area contributed by atoms with E-state index in [0.717, 1.165) is 9.87 Å². The van der Waals surface area contributed by atoms with Gasteiger partial charge in [-0.2, -0.15) is 4.99 Å². The molecule has 0 atom stereocenters. The second-order valence-corrected chi connectivity index (χ2v) is 10.9. The van der Waals surface area contributed by atoms with Gasteiger partial charge in [0.1, 0.15) is 23.9 Å². The first-order valence-corrected chi connectivity index (χ1v) is 14.0. The van der Waals surface area contributed by atoms with E-state index in [0.29, 0.717) is 12.3 Å². The molecule has 0 unspecified atom stereocenters. The summed E-state index contributed by atoms with van der Waals surface area (Å²) in [5, 5.41) is 0. The van der Waals surface area contributed by atoms with E-state index in [1.54, 1.807) is 0 Å². The van der Waals surface area contributed by atoms with Crippen LogP contribution in [0.2, 0.25) is 0 Å². The fourth-order valence-corrected chi connectivity index (χ4v) is 4.64. The maximum Gasteiger partial charge on any atom is 0.513 e. The summed E-state index contributed by atoms with van der Waals surface area (Å²) in [6.45, 7) is 4.51. The van der Waals surface area contributed by atoms with Gasteiger partial charge < -0.3 is 29.4 Å². The fourth-order valence-electron chi connectivity index (χ4n) is 3.33. The first-order valence-electron chi connectivity index (χ1n) is 12.5. The molecule has 0 spiro atoms. The monoisotopic (exact) mass is 579 g/mol. The summed E-state index contributed by atoms with van der Waals surface area (Å²) in [6, 6.07) is 11.7. The summed E-state index contributed by atoms with van der Waals surface area (Å²) in [4.78, 5) is 27.4. The molecular formula is C27H37N3O9S. The van der Waals surface area contributed by atoms with Crippen molar-refractivity contribution in [3.05, 3.63) is 59.2 Å². The largest absolute Gasteiger partial charge is 0.513 e. The van der Waals surface area contributed by atoms with Crippen molar-refractivity contribution in [2.75, 3.05) is 54.2 Å². The first kappa shape index (κ1) is 32.7. The molecule has 12 nitrogen and oxygen atoms in total. The minimum absolute atomic E-state index is 0.0330. The molecule has 0 aliphatic heterocycles. The van der Waals surface area contributed by atoms with Crippen LogP contribution in [-0.4, -0.2) is 85.0 Å². The van der Waals surface area contributed by atoms with Crippen molar-refractivity contribution < 1.29 is 41.7 Å². The van der Waals surface area contributed by atoms with Gasteiger partial charge >= 0.3 is 12.2 Å². The van der Waals surface area contributed by atoms with Gasteiger partial charge in [-0.3, -0.25) is 0 Å². The van der Waals surface area contributed by atoms with E-state index in [1.165, 1.54) is 45.0 Å². The van der Waals surface area contributed by atoms with E-state index in [4.69, 9.17) is 29.4 Å². The van der Waals surface area contributed by atoms with Crippen LogP contribution in [0.25, 0.3) is 0 Å². The van der Waals surface area contributed by atoms with Crippen molar-refractivity contribution >= 4 is 28.1 Å². The van der Waals surface area contributed by atoms with Crippen molar-refractivity contribution in [1.82, 2.24) is 4.31 Å². The Morgan fingerprint density at radius 1 is 0.950 bits per heavy atom. The molecule has 40 heavy (non-hydrogen) atoms. The maximum absolute atomic E-state index is 13.6. The lowest BCUT2D eigenvalue weighted by molar-refractivity contribution is 0.0679. The summed E-state index contributed by atoms with van der Waals surface area (Å²) in [7, 11) is 0.0956. The third-order valence-electron chi connectivity index (χ3n) is 5.71. The number of sulfonamides is 1. The number of hydrogen-bond acceptors (Lipinski definition) is 9. The van der Waals surface area contributed by atoms with E-state index in [-0.39, 0.29) is 55.0 Å². The molecule has 0 bridgehead atoms. The topological polar surface area (TPSA) is 156 Å². The number of benzene rings is 2. The van der Waals surface area contributed by atoms with E-state index < -0.39 is 22.3 Å². The Labute approximate surface area is 235 Å². The normalized spacial score (nSPS) is 12.0. The lowest BCUT2D eigenvalue weighted by Crippen LogP contribution is -2.30. The zero-order chi connectivity index (χ0) is 29.7. The Morgan fingerprint density at radius 2 is 1.57 bits per heavy atom. The summed E-state index contributed by atoms with van der Waals surface area (Å²) < 4.78 is 53.0. The lowest BCUT2D eigenvalue weighted by atomic mass is 10.0. The zero-order valence-electron chi connectivity index (χ0n) is 23.4. The zero-order valence-corrected chi connectivity index (χ0v) is 24.2. The molecule has 2 rings (SSSR count). The van der Waals surface area contributed by atoms with E-state index in [1.807, 2.05) is 24.3 Å². The molecule has 0 aromatic heterocycles. The Bertz CT molecular complexity index is 1260. The molecule has 220 valence electrons. The molecule has 0 aliphatic carbocycles. The molecule has 0 heterocycles. The highest BCUT2D eigenvalue weighted by molar-refractivity contribution is 7.89. The highest BCUT2D eigenvalue weighted by Crippen LogP contribution is 2.28. The van der Waals surface area contributed by atoms with Crippen molar-refractivity contribution in [2.45, 2.75) is 31.1 Å². The Hall–Kier alpha value is -3.52. The fraction of sp³-hybridized carbons (Fsp3) is 0.444. The molecule has 13 heteroatoms. The second-order valence-electron chi connectivity index (χ2n) is 8.93. The molecule has 0 saturated carbocycles. The lowest BCUT2D eigenvalue weighted by Gasteiger charge is -2.20. The van der Waals surface area contributed by atoms with Crippen LogP contribution in [0.15, 0.2) is 52.4 Å². The van der Waals surface area contributed by atoms with Crippen LogP contribution < -0.4 is 10.5 Å². The summed E-state index contributed by atoms with van der Waals surface area (Å²) >= 11 is 0. The van der Waals surface area contributed by atoms with Crippen LogP contribution >= 0.6 is 0 Å². The van der Waals surface area contributed by atoms with Crippen molar-refractivity contribution in [3.63, 3.8) is 0 Å². The van der Waals surface area contributed by atoms with E-state index in [9.17, 15) is 18.0 Å². The van der Waals surface area contributed by atoms with Crippen LogP contribution in [0, 0.1) is 0 Å². The Balaban J connectivity index is 2.33. The van der Waals surface area contributed by atoms with Crippen LogP contribution in [0.4, 0.5) is 9.59 Å². The van der Waals surface area contributed by atoms with E-state index >= 15 is 0 Å². The molecule has 2 N–H and O–H groups in total. The van der Waals surface area contributed by atoms with Gasteiger partial charge in [0.15, 0.2) is 5.75 Å². The number of hydrogen-bond donors (Lipinski definition) is 1. The smallest absolute Gasteiger partial charge is 0.445 e. The number of likely N-dealkylation sites (N-methyl/N-ethyl adjacent to an activating group) is 1. The van der Waals surface area contributed by atoms with Gasteiger partial charge in [0, 0.05) is 33.4 Å². The molecule has 0 fully saturated rings. The molecule has 0 aliphatic rings. The summed E-state index contributed by atoms with van der Waals surface area (Å²) in [5.41, 5.74) is 8.19. The summed E-state index contributed by atoms with van der Waals surface area (Å²) in [5.74, 6) is -0.192. The SMILES string of the molecule is COCCOC(=O)N=C(N)c1ccc(OC(=O)OCCOC)c(S(=O)(=O)N(C)CCc2ccc(C(C)C)cc2)c1. The molecule has 0 radical (unpaired) electrons. The standard InChI is InChI=1S/C27H37N3O9S/c1-19(2)21-8-6-20(7-9-21)12-13-30(3)40(33,34)24-18-22(25(28)29-26(31)37-16-14-35-4)10-11-23(24)39-27(32)38-17-15-36-5/h6-11,18-19H,12-17H2,1-5H3,(H2,28,29,31). The minimum atomic E-state index is -4.20. The van der Waals surface area contributed by atoms with E-state index in [2.05, 4.69) is 18.8 Å². The molecule has 0 saturated heterocycles. The van der Waals surface area contributed by atoms with Gasteiger partial charge in [-0.1, -0.05) is 38.1 Å². The third-order valence-corrected chi connectivity index (χ3v) is 7.59. The maximum atomic E-state index is 13.6. The highest BCUT2D eigenvalue weighted by atomic mass is 32.2. The Morgan fingerprint density at radius 3 is 2.17 bits per heavy atom. The van der Waals surface area contributed by atoms with Crippen LogP contribution in [0.3, 0.4) is 0 Å². The average molecular weight is 580 g/mol. The molecule has 1 amide bonds. The first-order chi connectivity index (χ1) is 19.0. The number of aliphatic imine (C=N–C) groups is 1. The van der Waals surface area contributed by atoms with Gasteiger partial charge in [0.2, 0.25) is 10.0 Å². The van der Waals surface area contributed by atoms with Gasteiger partial charge in [0.25, 0.3) is 0 Å². The minimum Gasteiger partial charge on any atom is -0.445 e. The number of ether oxygens (including phenoxy) is 5. The molecular weight excluding hydrogens is 542 g/mol. The number of amidine groups is 1. The number of methoxy groups -OCH3 is 2. The number of nitrogens with two attached hydrogens (primary N) is 1. The predicted octanol–water partition coefficient (Wildman–Crippen LogP) is 3.32. The molecule has 2 aromatic rings. The summed E-state index contributed by atoms with van der Waals surface area (Å²) in [6.07, 6.45) is -1.64. The number of nitrogens with zero attached hydrogens (tertiary/aromatic N) is 2. The van der Waals surface area contributed by atoms with Crippen LogP contribution in [-0.2, 0) is 35.4 Å². The van der Waals surface area contributed by atoms with Gasteiger partial charge in [-0.25, -0.2) is 22.3 Å². The number of carbonyl (C=O) groups excluding carboxylic acids is 2. The van der Waals surface area contributed by atoms with Crippen LogP contribution in [0.1, 0.15) is 36.5 Å². The quantitative estimate of drug-likeness (QED) is 0.116. The number of amides is 1. The third kappa shape index (κ3) is 9.90. The van der Waals surface area contributed by atoms with Gasteiger partial charge in [-0.15, -0.1) is 0 Å². The number of carbonyl (C=O) groups is 2. The van der Waals surface area contributed by atoms with Crippen molar-refractivity contribution in [2.24, 2.45) is 10.7 Å². The van der Waals surface area contributed by atoms with Gasteiger partial charge in [-0.05, 0) is 41.7 Å². The van der Waals surface area contributed by atoms with Crippen molar-refractivity contribution in [3.8, 4) is 5.75 Å². The second kappa shape index (κ2) is 15.9. The number of rotatable bonds is 14. The predicted molar refractivity (Wildman–Crippen MR) is 148 cm³/mol. The average Bonchev–Trinajstić information content (AvgIpc) is 2.92. The van der Waals surface area contributed by atoms with Gasteiger partial charge in [0.05, 0.1) is 13.2 Å². The molecule has 2 aromatic carbocycles. The Kier molecular flexibility index (Phi) is 13.0. The highest BCUT2D eigenvalue weighted by Gasteiger charge is 2.27. The van der Waals surface area contributed by atoms with Crippen LogP contribution in [0.5, 0.6) is 5.75 Å².